The Kier molecular flexibility index (Phi) is 6.61. The summed E-state index contributed by atoms with van der Waals surface area (Å²) in [6.07, 6.45) is 5.07. The minimum Gasteiger partial charge on any atom is -0.494 e. The summed E-state index contributed by atoms with van der Waals surface area (Å²) < 4.78 is 17.6. The van der Waals surface area contributed by atoms with Crippen LogP contribution in [0.25, 0.3) is 11.0 Å². The van der Waals surface area contributed by atoms with Crippen molar-refractivity contribution in [1.29, 1.82) is 0 Å². The fourth-order valence-electron chi connectivity index (χ4n) is 4.82. The largest absolute Gasteiger partial charge is 0.494 e. The normalized spacial score (nSPS) is 19.7. The Balaban J connectivity index is 1.54. The molecular formula is C27H28ClNO5. The average molecular weight is 482 g/mol. The lowest BCUT2D eigenvalue weighted by Gasteiger charge is -2.27. The Hall–Kier alpha value is -2.83. The van der Waals surface area contributed by atoms with E-state index in [1.807, 2.05) is 24.3 Å². The van der Waals surface area contributed by atoms with Gasteiger partial charge in [-0.3, -0.25) is 9.59 Å². The second-order valence-corrected chi connectivity index (χ2v) is 9.37. The Morgan fingerprint density at radius 3 is 2.68 bits per heavy atom. The highest BCUT2D eigenvalue weighted by molar-refractivity contribution is 6.31. The van der Waals surface area contributed by atoms with Crippen LogP contribution in [-0.2, 0) is 4.74 Å². The average Bonchev–Trinajstić information content (AvgIpc) is 3.45. The van der Waals surface area contributed by atoms with Gasteiger partial charge in [0.2, 0.25) is 5.76 Å². The van der Waals surface area contributed by atoms with Crippen LogP contribution >= 0.6 is 11.6 Å². The Morgan fingerprint density at radius 1 is 1.12 bits per heavy atom. The summed E-state index contributed by atoms with van der Waals surface area (Å²) in [5, 5.41) is 0.820. The third-order valence-corrected chi connectivity index (χ3v) is 6.80. The molecule has 2 aliphatic heterocycles. The lowest BCUT2D eigenvalue weighted by molar-refractivity contribution is 0.0486. The molecule has 5 rings (SSSR count). The van der Waals surface area contributed by atoms with E-state index in [1.54, 1.807) is 23.1 Å². The molecule has 2 unspecified atom stereocenters. The number of benzene rings is 2. The molecular weight excluding hydrogens is 454 g/mol. The molecule has 0 radical (unpaired) electrons. The zero-order valence-corrected chi connectivity index (χ0v) is 20.0. The highest BCUT2D eigenvalue weighted by Gasteiger charge is 2.43. The maximum absolute atomic E-state index is 13.6. The van der Waals surface area contributed by atoms with Gasteiger partial charge in [0.1, 0.15) is 11.3 Å². The quantitative estimate of drug-likeness (QED) is 0.384. The molecule has 1 saturated heterocycles. The maximum Gasteiger partial charge on any atom is 0.291 e. The third-order valence-electron chi connectivity index (χ3n) is 6.56. The lowest BCUT2D eigenvalue weighted by atomic mass is 9.98. The summed E-state index contributed by atoms with van der Waals surface area (Å²) >= 11 is 6.16. The first-order chi connectivity index (χ1) is 16.6. The number of halogens is 1. The van der Waals surface area contributed by atoms with E-state index in [0.29, 0.717) is 41.3 Å². The second kappa shape index (κ2) is 9.80. The molecule has 1 fully saturated rings. The van der Waals surface area contributed by atoms with Crippen LogP contribution in [0.1, 0.15) is 66.8 Å². The van der Waals surface area contributed by atoms with Crippen LogP contribution in [0.2, 0.25) is 5.02 Å². The molecule has 178 valence electrons. The molecule has 0 N–H and O–H groups in total. The Morgan fingerprint density at radius 2 is 1.94 bits per heavy atom. The maximum atomic E-state index is 13.6. The van der Waals surface area contributed by atoms with Gasteiger partial charge in [0.25, 0.3) is 5.91 Å². The van der Waals surface area contributed by atoms with Gasteiger partial charge >= 0.3 is 0 Å². The first kappa shape index (κ1) is 22.9. The van der Waals surface area contributed by atoms with Crippen molar-refractivity contribution in [2.75, 3.05) is 19.8 Å². The third kappa shape index (κ3) is 4.32. The number of unbranched alkanes of at least 4 members (excludes halogenated alkanes) is 2. The molecule has 3 heterocycles. The number of carbonyl (C=O) groups is 1. The van der Waals surface area contributed by atoms with Crippen molar-refractivity contribution in [3.05, 3.63) is 74.6 Å². The monoisotopic (exact) mass is 481 g/mol. The highest BCUT2D eigenvalue weighted by atomic mass is 35.5. The van der Waals surface area contributed by atoms with Crippen molar-refractivity contribution in [2.45, 2.75) is 51.2 Å². The summed E-state index contributed by atoms with van der Waals surface area (Å²) in [6, 6.07) is 12.0. The molecule has 7 heteroatoms. The SMILES string of the molecule is CCCCCOc1ccc(C2c3c(oc4ccc(Cl)cc4c3=O)C(=O)N2CC2CCCO2)cc1. The second-order valence-electron chi connectivity index (χ2n) is 8.93. The Labute approximate surface area is 203 Å². The first-order valence-electron chi connectivity index (χ1n) is 12.0. The molecule has 2 atom stereocenters. The van der Waals surface area contributed by atoms with Crippen LogP contribution in [0.5, 0.6) is 5.75 Å². The summed E-state index contributed by atoms with van der Waals surface area (Å²) in [5.74, 6) is 0.583. The minimum absolute atomic E-state index is 0.0547. The van der Waals surface area contributed by atoms with E-state index in [4.69, 9.17) is 25.5 Å². The van der Waals surface area contributed by atoms with Crippen molar-refractivity contribution in [3.8, 4) is 5.75 Å². The molecule has 0 bridgehead atoms. The number of ether oxygens (including phenoxy) is 2. The predicted octanol–water partition coefficient (Wildman–Crippen LogP) is 5.74. The van der Waals surface area contributed by atoms with E-state index >= 15 is 0 Å². The van der Waals surface area contributed by atoms with Crippen molar-refractivity contribution >= 4 is 28.5 Å². The smallest absolute Gasteiger partial charge is 0.291 e. The van der Waals surface area contributed by atoms with Crippen molar-refractivity contribution < 1.29 is 18.7 Å². The van der Waals surface area contributed by atoms with Gasteiger partial charge in [-0.05, 0) is 55.2 Å². The number of fused-ring (bicyclic) bond motifs is 2. The van der Waals surface area contributed by atoms with Crippen molar-refractivity contribution in [2.24, 2.45) is 0 Å². The van der Waals surface area contributed by atoms with Gasteiger partial charge in [0, 0.05) is 18.2 Å². The van der Waals surface area contributed by atoms with Gasteiger partial charge in [-0.2, -0.15) is 0 Å². The van der Waals surface area contributed by atoms with E-state index < -0.39 is 6.04 Å². The Bertz CT molecular complexity index is 1250. The van der Waals surface area contributed by atoms with E-state index in [1.165, 1.54) is 0 Å². The summed E-state index contributed by atoms with van der Waals surface area (Å²) in [5.41, 5.74) is 1.32. The number of rotatable bonds is 8. The van der Waals surface area contributed by atoms with Crippen molar-refractivity contribution in [1.82, 2.24) is 4.90 Å². The summed E-state index contributed by atoms with van der Waals surface area (Å²) in [6.45, 7) is 3.92. The number of hydrogen-bond acceptors (Lipinski definition) is 5. The van der Waals surface area contributed by atoms with Crippen molar-refractivity contribution in [3.63, 3.8) is 0 Å². The number of amides is 1. The molecule has 0 saturated carbocycles. The van der Waals surface area contributed by atoms with Crippen LogP contribution in [0.4, 0.5) is 0 Å². The van der Waals surface area contributed by atoms with Crippen LogP contribution in [0.3, 0.4) is 0 Å². The molecule has 3 aromatic rings. The van der Waals surface area contributed by atoms with Crippen LogP contribution in [-0.4, -0.2) is 36.7 Å². The molecule has 6 nitrogen and oxygen atoms in total. The van der Waals surface area contributed by atoms with E-state index in [0.717, 1.165) is 43.4 Å². The van der Waals surface area contributed by atoms with Gasteiger partial charge < -0.3 is 18.8 Å². The highest BCUT2D eigenvalue weighted by Crippen LogP contribution is 2.39. The molecule has 1 amide bonds. The summed E-state index contributed by atoms with van der Waals surface area (Å²) in [7, 11) is 0. The predicted molar refractivity (Wildman–Crippen MR) is 131 cm³/mol. The number of nitrogens with zero attached hydrogens (tertiary/aromatic N) is 1. The summed E-state index contributed by atoms with van der Waals surface area (Å²) in [4.78, 5) is 28.8. The molecule has 0 aliphatic carbocycles. The molecule has 34 heavy (non-hydrogen) atoms. The minimum atomic E-state index is -0.555. The van der Waals surface area contributed by atoms with Crippen LogP contribution in [0, 0.1) is 0 Å². The van der Waals surface area contributed by atoms with E-state index in [-0.39, 0.29) is 23.2 Å². The number of hydrogen-bond donors (Lipinski definition) is 0. The zero-order chi connectivity index (χ0) is 23.7. The van der Waals surface area contributed by atoms with Gasteiger partial charge in [-0.15, -0.1) is 0 Å². The van der Waals surface area contributed by atoms with Crippen LogP contribution in [0.15, 0.2) is 51.7 Å². The standard InChI is InChI=1S/C27H28ClNO5/c1-2-3-4-13-32-19-10-7-17(8-11-19)24-23-25(30)21-15-18(28)9-12-22(21)34-26(23)27(31)29(24)16-20-6-5-14-33-20/h7-12,15,20,24H,2-6,13-14,16H2,1H3. The van der Waals surface area contributed by atoms with Gasteiger partial charge in [0.15, 0.2) is 5.43 Å². The first-order valence-corrected chi connectivity index (χ1v) is 12.4. The topological polar surface area (TPSA) is 69.0 Å². The fourth-order valence-corrected chi connectivity index (χ4v) is 5.00. The lowest BCUT2D eigenvalue weighted by Crippen LogP contribution is -2.36. The van der Waals surface area contributed by atoms with Gasteiger partial charge in [-0.1, -0.05) is 43.5 Å². The molecule has 1 aromatic heterocycles. The van der Waals surface area contributed by atoms with Gasteiger partial charge in [-0.25, -0.2) is 0 Å². The van der Waals surface area contributed by atoms with Crippen LogP contribution < -0.4 is 10.2 Å². The molecule has 0 spiro atoms. The molecule has 2 aromatic carbocycles. The fraction of sp³-hybridized carbons (Fsp3) is 0.407. The van der Waals surface area contributed by atoms with E-state index in [9.17, 15) is 9.59 Å². The van der Waals surface area contributed by atoms with Gasteiger partial charge in [0.05, 0.1) is 29.7 Å². The number of carbonyl (C=O) groups excluding carboxylic acids is 1. The van der Waals surface area contributed by atoms with E-state index in [2.05, 4.69) is 6.92 Å². The molecule has 2 aliphatic rings. The zero-order valence-electron chi connectivity index (χ0n) is 19.2.